The second-order valence-electron chi connectivity index (χ2n) is 4.10. The van der Waals surface area contributed by atoms with Crippen LogP contribution in [-0.4, -0.2) is 31.1 Å². The van der Waals surface area contributed by atoms with Gasteiger partial charge in [-0.3, -0.25) is 0 Å². The number of hydrogen-bond donors (Lipinski definition) is 1. The Hall–Kier alpha value is -0.900. The van der Waals surface area contributed by atoms with E-state index in [-0.39, 0.29) is 0 Å². The maximum atomic E-state index is 5.65. The summed E-state index contributed by atoms with van der Waals surface area (Å²) in [7, 11) is 0. The summed E-state index contributed by atoms with van der Waals surface area (Å²) in [5.41, 5.74) is 7.92. The number of hydrogen-bond acceptors (Lipinski definition) is 3. The Labute approximate surface area is 105 Å². The molecule has 0 aliphatic rings. The van der Waals surface area contributed by atoms with E-state index < -0.39 is 0 Å². The number of likely N-dealkylation sites (N-methyl/N-ethyl adjacent to an activating group) is 1. The molecule has 96 valence electrons. The molecule has 0 radical (unpaired) electrons. The monoisotopic (exact) mass is 236 g/mol. The van der Waals surface area contributed by atoms with Crippen molar-refractivity contribution in [2.24, 2.45) is 5.73 Å². The molecular weight excluding hydrogens is 212 g/mol. The Morgan fingerprint density at radius 3 is 2.18 bits per heavy atom. The van der Waals surface area contributed by atoms with Crippen LogP contribution < -0.4 is 5.73 Å². The molecule has 0 aliphatic heterocycles. The van der Waals surface area contributed by atoms with Gasteiger partial charge in [0.1, 0.15) is 0 Å². The third kappa shape index (κ3) is 5.31. The number of nitrogens with zero attached hydrogens (tertiary/aromatic N) is 1. The molecule has 0 atom stereocenters. The van der Waals surface area contributed by atoms with Crippen LogP contribution >= 0.6 is 0 Å². The zero-order chi connectivity index (χ0) is 12.5. The van der Waals surface area contributed by atoms with E-state index >= 15 is 0 Å². The summed E-state index contributed by atoms with van der Waals surface area (Å²) in [5, 5.41) is 0. The smallest absolute Gasteiger partial charge is 0.0717 e. The van der Waals surface area contributed by atoms with Crippen LogP contribution in [0, 0.1) is 0 Å². The summed E-state index contributed by atoms with van der Waals surface area (Å²) in [6.45, 7) is 9.61. The van der Waals surface area contributed by atoms with Crippen molar-refractivity contribution in [1.82, 2.24) is 4.90 Å². The number of rotatable bonds is 8. The van der Waals surface area contributed by atoms with E-state index in [0.29, 0.717) is 13.2 Å². The van der Waals surface area contributed by atoms with E-state index in [4.69, 9.17) is 10.5 Å². The molecule has 0 unspecified atom stereocenters. The maximum absolute atomic E-state index is 5.65. The van der Waals surface area contributed by atoms with E-state index in [0.717, 1.165) is 31.8 Å². The highest BCUT2D eigenvalue weighted by molar-refractivity contribution is 5.21. The largest absolute Gasteiger partial charge is 0.375 e. The average Bonchev–Trinajstić information content (AvgIpc) is 2.40. The molecule has 0 amide bonds. The minimum Gasteiger partial charge on any atom is -0.375 e. The summed E-state index contributed by atoms with van der Waals surface area (Å²) in [4.78, 5) is 2.36. The Balaban J connectivity index is 2.21. The van der Waals surface area contributed by atoms with Crippen LogP contribution in [0.5, 0.6) is 0 Å². The van der Waals surface area contributed by atoms with Crippen molar-refractivity contribution in [1.29, 1.82) is 0 Å². The number of benzene rings is 1. The summed E-state index contributed by atoms with van der Waals surface area (Å²) >= 11 is 0. The van der Waals surface area contributed by atoms with Crippen LogP contribution in [-0.2, 0) is 17.9 Å². The van der Waals surface area contributed by atoms with Crippen LogP contribution in [0.25, 0.3) is 0 Å². The predicted octanol–water partition coefficient (Wildman–Crippen LogP) is 2.00. The fourth-order valence-electron chi connectivity index (χ4n) is 1.70. The molecule has 0 spiro atoms. The Kier molecular flexibility index (Phi) is 6.86. The molecule has 0 saturated carbocycles. The molecule has 0 aliphatic carbocycles. The van der Waals surface area contributed by atoms with Crippen molar-refractivity contribution >= 4 is 0 Å². The molecule has 1 aromatic carbocycles. The van der Waals surface area contributed by atoms with Crippen LogP contribution in [0.3, 0.4) is 0 Å². The van der Waals surface area contributed by atoms with Gasteiger partial charge in [0.15, 0.2) is 0 Å². The van der Waals surface area contributed by atoms with Gasteiger partial charge < -0.3 is 15.4 Å². The van der Waals surface area contributed by atoms with E-state index in [9.17, 15) is 0 Å². The van der Waals surface area contributed by atoms with E-state index in [1.165, 1.54) is 5.56 Å². The fraction of sp³-hybridized carbons (Fsp3) is 0.571. The zero-order valence-electron chi connectivity index (χ0n) is 11.0. The lowest BCUT2D eigenvalue weighted by Crippen LogP contribution is -2.26. The summed E-state index contributed by atoms with van der Waals surface area (Å²) in [6, 6.07) is 8.28. The molecule has 3 heteroatoms. The number of nitrogens with two attached hydrogens (primary N) is 1. The average molecular weight is 236 g/mol. The van der Waals surface area contributed by atoms with Gasteiger partial charge in [-0.1, -0.05) is 38.1 Å². The third-order valence-corrected chi connectivity index (χ3v) is 2.97. The van der Waals surface area contributed by atoms with Gasteiger partial charge in [-0.15, -0.1) is 0 Å². The lowest BCUT2D eigenvalue weighted by atomic mass is 10.1. The second-order valence-corrected chi connectivity index (χ2v) is 4.10. The molecule has 17 heavy (non-hydrogen) atoms. The molecule has 0 bridgehead atoms. The first-order chi connectivity index (χ1) is 8.30. The predicted molar refractivity (Wildman–Crippen MR) is 71.8 cm³/mol. The van der Waals surface area contributed by atoms with E-state index in [1.54, 1.807) is 0 Å². The molecule has 0 saturated heterocycles. The van der Waals surface area contributed by atoms with E-state index in [2.05, 4.69) is 43.0 Å². The Morgan fingerprint density at radius 2 is 1.65 bits per heavy atom. The zero-order valence-corrected chi connectivity index (χ0v) is 11.0. The van der Waals surface area contributed by atoms with Gasteiger partial charge in [0.05, 0.1) is 13.2 Å². The van der Waals surface area contributed by atoms with Crippen LogP contribution in [0.4, 0.5) is 0 Å². The van der Waals surface area contributed by atoms with Crippen LogP contribution in [0.15, 0.2) is 24.3 Å². The Morgan fingerprint density at radius 1 is 1.06 bits per heavy atom. The minimum absolute atomic E-state index is 0.600. The van der Waals surface area contributed by atoms with Crippen molar-refractivity contribution in [2.75, 3.05) is 26.2 Å². The van der Waals surface area contributed by atoms with Gasteiger partial charge in [0.25, 0.3) is 0 Å². The standard InChI is InChI=1S/C14H24N2O/c1-3-16(4-2)9-10-17-12-14-7-5-13(11-15)6-8-14/h5-8H,3-4,9-12,15H2,1-2H3. The number of ether oxygens (including phenoxy) is 1. The maximum Gasteiger partial charge on any atom is 0.0717 e. The van der Waals surface area contributed by atoms with Crippen LogP contribution in [0.2, 0.25) is 0 Å². The molecule has 0 fully saturated rings. The molecule has 1 rings (SSSR count). The molecule has 3 nitrogen and oxygen atoms in total. The first-order valence-corrected chi connectivity index (χ1v) is 6.38. The van der Waals surface area contributed by atoms with Crippen LogP contribution in [0.1, 0.15) is 25.0 Å². The van der Waals surface area contributed by atoms with Gasteiger partial charge >= 0.3 is 0 Å². The molecule has 0 aromatic heterocycles. The fourth-order valence-corrected chi connectivity index (χ4v) is 1.70. The van der Waals surface area contributed by atoms with Gasteiger partial charge in [0, 0.05) is 13.1 Å². The SMILES string of the molecule is CCN(CC)CCOCc1ccc(CN)cc1. The topological polar surface area (TPSA) is 38.5 Å². The summed E-state index contributed by atoms with van der Waals surface area (Å²) in [6.07, 6.45) is 0. The lowest BCUT2D eigenvalue weighted by Gasteiger charge is -2.17. The van der Waals surface area contributed by atoms with Crippen molar-refractivity contribution < 1.29 is 4.74 Å². The van der Waals surface area contributed by atoms with Crippen molar-refractivity contribution in [3.63, 3.8) is 0 Å². The first-order valence-electron chi connectivity index (χ1n) is 6.38. The lowest BCUT2D eigenvalue weighted by molar-refractivity contribution is 0.0956. The van der Waals surface area contributed by atoms with Crippen molar-refractivity contribution in [2.45, 2.75) is 27.0 Å². The highest BCUT2D eigenvalue weighted by atomic mass is 16.5. The van der Waals surface area contributed by atoms with Crippen molar-refractivity contribution in [3.05, 3.63) is 35.4 Å². The minimum atomic E-state index is 0.600. The second kappa shape index (κ2) is 8.23. The highest BCUT2D eigenvalue weighted by Gasteiger charge is 1.99. The molecule has 1 aromatic rings. The van der Waals surface area contributed by atoms with Gasteiger partial charge in [-0.05, 0) is 24.2 Å². The van der Waals surface area contributed by atoms with E-state index in [1.807, 2.05) is 0 Å². The highest BCUT2D eigenvalue weighted by Crippen LogP contribution is 2.05. The first kappa shape index (κ1) is 14.2. The third-order valence-electron chi connectivity index (χ3n) is 2.97. The van der Waals surface area contributed by atoms with Gasteiger partial charge in [-0.2, -0.15) is 0 Å². The molecular formula is C14H24N2O. The molecule has 0 heterocycles. The van der Waals surface area contributed by atoms with Crippen molar-refractivity contribution in [3.8, 4) is 0 Å². The Bertz CT molecular complexity index is 294. The summed E-state index contributed by atoms with van der Waals surface area (Å²) in [5.74, 6) is 0. The molecule has 2 N–H and O–H groups in total. The normalized spacial score (nSPS) is 11.1. The summed E-state index contributed by atoms with van der Waals surface area (Å²) < 4.78 is 5.65. The van der Waals surface area contributed by atoms with Gasteiger partial charge in [-0.25, -0.2) is 0 Å². The van der Waals surface area contributed by atoms with Gasteiger partial charge in [0.2, 0.25) is 0 Å². The quantitative estimate of drug-likeness (QED) is 0.702.